The van der Waals surface area contributed by atoms with E-state index in [9.17, 15) is 19.9 Å². The standard InChI is InChI=1S/C31H49NO4/c1-18(2)7-6-8-19(3)24-11-12-25-22-10-9-20-15-21(33)16-27(23-17-28(34)32(36)29(23)35)31(20,5)26(22)13-14-30(24,25)4/h9,18-19,21-27,33,36H,6-8,10-17H2,1-5H3/t19-,21-,22+,23?,24-,25+,26+,27?,30-,31-/m1/s1. The number of aliphatic hydroxyl groups excluding tert-OH is 1. The topological polar surface area (TPSA) is 77.8 Å². The van der Waals surface area contributed by atoms with E-state index in [1.165, 1.54) is 50.5 Å². The van der Waals surface area contributed by atoms with E-state index in [0.29, 0.717) is 41.1 Å². The smallest absolute Gasteiger partial charge is 0.257 e. The number of hydroxylamine groups is 2. The molecule has 5 heteroatoms. The second-order valence-corrected chi connectivity index (χ2v) is 14.2. The molecule has 2 amide bonds. The predicted octanol–water partition coefficient (Wildman–Crippen LogP) is 6.38. The molecule has 4 aliphatic carbocycles. The van der Waals surface area contributed by atoms with Crippen molar-refractivity contribution in [2.75, 3.05) is 0 Å². The maximum absolute atomic E-state index is 12.9. The van der Waals surface area contributed by atoms with Crippen molar-refractivity contribution in [2.45, 2.75) is 111 Å². The van der Waals surface area contributed by atoms with Crippen molar-refractivity contribution in [2.24, 2.45) is 58.2 Å². The molecule has 3 saturated carbocycles. The van der Waals surface area contributed by atoms with Crippen LogP contribution in [0, 0.1) is 58.2 Å². The van der Waals surface area contributed by atoms with E-state index in [-0.39, 0.29) is 17.8 Å². The van der Waals surface area contributed by atoms with E-state index < -0.39 is 23.8 Å². The summed E-state index contributed by atoms with van der Waals surface area (Å²) < 4.78 is 0. The predicted molar refractivity (Wildman–Crippen MR) is 140 cm³/mol. The Bertz CT molecular complexity index is 912. The van der Waals surface area contributed by atoms with Gasteiger partial charge in [-0.2, -0.15) is 5.06 Å². The lowest BCUT2D eigenvalue weighted by Crippen LogP contribution is -2.55. The quantitative estimate of drug-likeness (QED) is 0.253. The first-order valence-corrected chi connectivity index (χ1v) is 14.9. The molecule has 2 unspecified atom stereocenters. The normalized spacial score (nSPS) is 45.4. The lowest BCUT2D eigenvalue weighted by atomic mass is 9.43. The van der Waals surface area contributed by atoms with E-state index in [1.54, 1.807) is 0 Å². The van der Waals surface area contributed by atoms with Gasteiger partial charge in [-0.25, -0.2) is 0 Å². The second kappa shape index (κ2) is 9.52. The van der Waals surface area contributed by atoms with Crippen LogP contribution in [0.4, 0.5) is 0 Å². The first-order chi connectivity index (χ1) is 17.0. The lowest BCUT2D eigenvalue weighted by Gasteiger charge is -2.61. The number of hydrogen-bond acceptors (Lipinski definition) is 4. The molecular weight excluding hydrogens is 450 g/mol. The highest BCUT2D eigenvalue weighted by atomic mass is 16.5. The van der Waals surface area contributed by atoms with Crippen LogP contribution in [0.25, 0.3) is 0 Å². The molecule has 36 heavy (non-hydrogen) atoms. The molecule has 4 fully saturated rings. The van der Waals surface area contributed by atoms with Gasteiger partial charge in [0.25, 0.3) is 11.8 Å². The van der Waals surface area contributed by atoms with Gasteiger partial charge in [0.15, 0.2) is 0 Å². The average Bonchev–Trinajstić information content (AvgIpc) is 3.30. The van der Waals surface area contributed by atoms with Gasteiger partial charge in [-0.1, -0.05) is 65.5 Å². The molecule has 0 aromatic carbocycles. The van der Waals surface area contributed by atoms with Crippen LogP contribution < -0.4 is 0 Å². The third-order valence-electron chi connectivity index (χ3n) is 12.1. The molecule has 1 saturated heterocycles. The van der Waals surface area contributed by atoms with E-state index >= 15 is 0 Å². The van der Waals surface area contributed by atoms with Gasteiger partial charge < -0.3 is 5.11 Å². The van der Waals surface area contributed by atoms with Gasteiger partial charge in [0, 0.05) is 6.42 Å². The largest absolute Gasteiger partial charge is 0.393 e. The molecule has 0 spiro atoms. The van der Waals surface area contributed by atoms with Crippen LogP contribution in [0.1, 0.15) is 105 Å². The minimum Gasteiger partial charge on any atom is -0.393 e. The second-order valence-electron chi connectivity index (χ2n) is 14.2. The van der Waals surface area contributed by atoms with Crippen molar-refractivity contribution < 1.29 is 19.9 Å². The fourth-order valence-electron chi connectivity index (χ4n) is 10.4. The number of imide groups is 1. The minimum atomic E-state index is -0.518. The Hall–Kier alpha value is -1.20. The Morgan fingerprint density at radius 2 is 1.78 bits per heavy atom. The van der Waals surface area contributed by atoms with E-state index in [2.05, 4.69) is 40.7 Å². The molecule has 1 aliphatic heterocycles. The highest BCUT2D eigenvalue weighted by molar-refractivity contribution is 6.02. The zero-order valence-corrected chi connectivity index (χ0v) is 23.2. The van der Waals surface area contributed by atoms with Gasteiger partial charge >= 0.3 is 0 Å². The fraction of sp³-hybridized carbons (Fsp3) is 0.871. The Morgan fingerprint density at radius 3 is 2.44 bits per heavy atom. The summed E-state index contributed by atoms with van der Waals surface area (Å²) in [4.78, 5) is 25.2. The molecular formula is C31H49NO4. The molecule has 5 aliphatic rings. The highest BCUT2D eigenvalue weighted by Gasteiger charge is 2.63. The number of rotatable bonds is 6. The number of allylic oxidation sites excluding steroid dienone is 1. The zero-order chi connectivity index (χ0) is 26.0. The summed E-state index contributed by atoms with van der Waals surface area (Å²) in [7, 11) is 0. The number of carbonyl (C=O) groups excluding carboxylic acids is 2. The lowest BCUT2D eigenvalue weighted by molar-refractivity contribution is -0.174. The minimum absolute atomic E-state index is 0.0735. The molecule has 2 N–H and O–H groups in total. The zero-order valence-electron chi connectivity index (χ0n) is 23.2. The maximum atomic E-state index is 12.9. The summed E-state index contributed by atoms with van der Waals surface area (Å²) in [6.07, 6.45) is 13.4. The molecule has 5 nitrogen and oxygen atoms in total. The van der Waals surface area contributed by atoms with Gasteiger partial charge in [-0.05, 0) is 97.2 Å². The van der Waals surface area contributed by atoms with E-state index in [4.69, 9.17) is 0 Å². The number of nitrogens with zero attached hydrogens (tertiary/aromatic N) is 1. The molecule has 0 radical (unpaired) electrons. The number of aliphatic hydroxyl groups is 1. The van der Waals surface area contributed by atoms with Crippen molar-refractivity contribution in [1.29, 1.82) is 0 Å². The monoisotopic (exact) mass is 499 g/mol. The number of amides is 2. The van der Waals surface area contributed by atoms with Crippen LogP contribution >= 0.6 is 0 Å². The molecule has 5 rings (SSSR count). The van der Waals surface area contributed by atoms with Crippen LogP contribution in [0.5, 0.6) is 0 Å². The first-order valence-electron chi connectivity index (χ1n) is 14.9. The first kappa shape index (κ1) is 26.4. The fourth-order valence-corrected chi connectivity index (χ4v) is 10.4. The number of fused-ring (bicyclic) bond motifs is 5. The van der Waals surface area contributed by atoms with Crippen molar-refractivity contribution in [3.05, 3.63) is 11.6 Å². The Balaban J connectivity index is 1.40. The molecule has 0 aromatic heterocycles. The Morgan fingerprint density at radius 1 is 1.03 bits per heavy atom. The summed E-state index contributed by atoms with van der Waals surface area (Å²) in [5.74, 6) is 2.61. The maximum Gasteiger partial charge on any atom is 0.257 e. The Labute approximate surface area is 218 Å². The van der Waals surface area contributed by atoms with Crippen LogP contribution in [0.15, 0.2) is 11.6 Å². The molecule has 202 valence electrons. The average molecular weight is 500 g/mol. The Kier molecular flexibility index (Phi) is 6.98. The summed E-state index contributed by atoms with van der Waals surface area (Å²) >= 11 is 0. The third kappa shape index (κ3) is 4.02. The van der Waals surface area contributed by atoms with Gasteiger partial charge in [-0.15, -0.1) is 0 Å². The molecule has 1 heterocycles. The SMILES string of the molecule is CC(C)CCC[C@@H](C)[C@H]1CC[C@H]2[C@@H]3CC=C4C[C@@H](O)CC(C5CC(=O)N(O)C5=O)[C@@]4(C)[C@H]3CC[C@]12C. The summed E-state index contributed by atoms with van der Waals surface area (Å²) in [5, 5.41) is 21.2. The third-order valence-corrected chi connectivity index (χ3v) is 12.1. The molecule has 0 aromatic rings. The highest BCUT2D eigenvalue weighted by Crippen LogP contribution is 2.69. The van der Waals surface area contributed by atoms with Crippen LogP contribution in [0.3, 0.4) is 0 Å². The summed E-state index contributed by atoms with van der Waals surface area (Å²) in [6, 6.07) is 0. The molecule has 0 bridgehead atoms. The summed E-state index contributed by atoms with van der Waals surface area (Å²) in [6.45, 7) is 12.1. The van der Waals surface area contributed by atoms with Gasteiger partial charge in [0.2, 0.25) is 0 Å². The van der Waals surface area contributed by atoms with Gasteiger partial charge in [0.05, 0.1) is 12.0 Å². The van der Waals surface area contributed by atoms with Crippen molar-refractivity contribution in [1.82, 2.24) is 5.06 Å². The van der Waals surface area contributed by atoms with Crippen LogP contribution in [-0.2, 0) is 9.59 Å². The van der Waals surface area contributed by atoms with Crippen LogP contribution in [0.2, 0.25) is 0 Å². The molecule has 10 atom stereocenters. The van der Waals surface area contributed by atoms with Gasteiger partial charge in [-0.3, -0.25) is 14.8 Å². The van der Waals surface area contributed by atoms with Crippen LogP contribution in [-0.4, -0.2) is 33.3 Å². The van der Waals surface area contributed by atoms with E-state index in [0.717, 1.165) is 24.2 Å². The number of hydrogen-bond donors (Lipinski definition) is 2. The van der Waals surface area contributed by atoms with Gasteiger partial charge in [0.1, 0.15) is 0 Å². The number of carbonyl (C=O) groups is 2. The van der Waals surface area contributed by atoms with E-state index in [1.807, 2.05) is 0 Å². The van der Waals surface area contributed by atoms with Crippen molar-refractivity contribution >= 4 is 11.8 Å². The van der Waals surface area contributed by atoms with Crippen molar-refractivity contribution in [3.63, 3.8) is 0 Å². The van der Waals surface area contributed by atoms with Crippen molar-refractivity contribution in [3.8, 4) is 0 Å². The summed E-state index contributed by atoms with van der Waals surface area (Å²) in [5.41, 5.74) is 1.52.